The van der Waals surface area contributed by atoms with Gasteiger partial charge < -0.3 is 10.1 Å². The van der Waals surface area contributed by atoms with Crippen LogP contribution in [0.4, 0.5) is 10.2 Å². The molecule has 0 saturated heterocycles. The maximum atomic E-state index is 14.6. The summed E-state index contributed by atoms with van der Waals surface area (Å²) in [7, 11) is -4.16. The van der Waals surface area contributed by atoms with E-state index in [0.29, 0.717) is 0 Å². The van der Waals surface area contributed by atoms with Crippen molar-refractivity contribution in [2.75, 3.05) is 11.3 Å². The quantitative estimate of drug-likeness (QED) is 0.590. The summed E-state index contributed by atoms with van der Waals surface area (Å²) in [6.07, 6.45) is 0.942. The van der Waals surface area contributed by atoms with E-state index in [1.807, 2.05) is 12.1 Å². The number of hydrogen-bond donors (Lipinski definition) is 2. The van der Waals surface area contributed by atoms with Gasteiger partial charge >= 0.3 is 0 Å². The second-order valence-electron chi connectivity index (χ2n) is 6.46. The van der Waals surface area contributed by atoms with Crippen LogP contribution in [0.25, 0.3) is 0 Å². The van der Waals surface area contributed by atoms with Gasteiger partial charge in [0.15, 0.2) is 5.82 Å². The van der Waals surface area contributed by atoms with E-state index in [1.165, 1.54) is 33.4 Å². The van der Waals surface area contributed by atoms with Gasteiger partial charge in [0.25, 0.3) is 10.0 Å². The molecule has 2 aromatic carbocycles. The van der Waals surface area contributed by atoms with Crippen LogP contribution in [0.1, 0.15) is 16.7 Å². The molecule has 4 rings (SSSR count). The van der Waals surface area contributed by atoms with E-state index in [2.05, 4.69) is 21.1 Å². The van der Waals surface area contributed by atoms with Crippen LogP contribution in [0.2, 0.25) is 5.02 Å². The summed E-state index contributed by atoms with van der Waals surface area (Å²) in [6.45, 7) is 1.88. The Morgan fingerprint density at radius 1 is 1.34 bits per heavy atom. The topological polar surface area (TPSA) is 80.3 Å². The molecule has 29 heavy (non-hydrogen) atoms. The van der Waals surface area contributed by atoms with Crippen molar-refractivity contribution in [1.82, 2.24) is 10.3 Å². The summed E-state index contributed by atoms with van der Waals surface area (Å²) >= 11 is 7.41. The Morgan fingerprint density at radius 2 is 2.21 bits per heavy atom. The Labute approximate surface area is 176 Å². The lowest BCUT2D eigenvalue weighted by Crippen LogP contribution is -2.25. The molecule has 1 aromatic heterocycles. The zero-order valence-corrected chi connectivity index (χ0v) is 17.5. The first-order valence-corrected chi connectivity index (χ1v) is 11.6. The number of nitrogens with zero attached hydrogens (tertiary/aromatic N) is 1. The highest BCUT2D eigenvalue weighted by molar-refractivity contribution is 7.92. The predicted molar refractivity (Wildman–Crippen MR) is 111 cm³/mol. The third-order valence-corrected chi connectivity index (χ3v) is 6.82. The number of thiazole rings is 1. The summed E-state index contributed by atoms with van der Waals surface area (Å²) in [4.78, 5) is 3.27. The standard InChI is InChI=1S/C19H17ClFN3O3S2/c20-15-6-18(29(25,26)24-19-10-28-11-23-19)16(21)7-17(15)27-9-13-3-1-2-12-4-5-22-8-14(12)13/h1-3,6-7,10-11,22,24H,4-5,8-9H2. The van der Waals surface area contributed by atoms with Gasteiger partial charge in [0.05, 0.1) is 10.5 Å². The molecule has 3 aromatic rings. The molecule has 0 amide bonds. The fourth-order valence-corrected chi connectivity index (χ4v) is 5.09. The summed E-state index contributed by atoms with van der Waals surface area (Å²) in [5, 5.41) is 4.83. The Hall–Kier alpha value is -2.20. The minimum absolute atomic E-state index is 0.00739. The Bertz CT molecular complexity index is 1140. The first kappa shape index (κ1) is 20.1. The van der Waals surface area contributed by atoms with Crippen molar-refractivity contribution in [1.29, 1.82) is 0 Å². The van der Waals surface area contributed by atoms with Crippen molar-refractivity contribution in [3.63, 3.8) is 0 Å². The molecule has 1 aliphatic heterocycles. The molecule has 0 spiro atoms. The molecule has 0 radical (unpaired) electrons. The summed E-state index contributed by atoms with van der Waals surface area (Å²) in [6, 6.07) is 8.04. The van der Waals surface area contributed by atoms with Crippen LogP contribution in [0.3, 0.4) is 0 Å². The van der Waals surface area contributed by atoms with Gasteiger partial charge in [-0.2, -0.15) is 0 Å². The van der Waals surface area contributed by atoms with E-state index in [4.69, 9.17) is 16.3 Å². The van der Waals surface area contributed by atoms with Gasteiger partial charge in [0, 0.05) is 18.0 Å². The van der Waals surface area contributed by atoms with Crippen LogP contribution < -0.4 is 14.8 Å². The van der Waals surface area contributed by atoms with Crippen LogP contribution in [-0.4, -0.2) is 19.9 Å². The van der Waals surface area contributed by atoms with Gasteiger partial charge in [-0.15, -0.1) is 11.3 Å². The number of anilines is 1. The number of fused-ring (bicyclic) bond motifs is 1. The minimum Gasteiger partial charge on any atom is -0.487 e. The van der Waals surface area contributed by atoms with E-state index >= 15 is 0 Å². The highest BCUT2D eigenvalue weighted by atomic mass is 35.5. The lowest BCUT2D eigenvalue weighted by molar-refractivity contribution is 0.302. The summed E-state index contributed by atoms with van der Waals surface area (Å²) in [5.74, 6) is -0.754. The predicted octanol–water partition coefficient (Wildman–Crippen LogP) is 3.96. The largest absolute Gasteiger partial charge is 0.487 e. The van der Waals surface area contributed by atoms with Crippen molar-refractivity contribution >= 4 is 38.8 Å². The van der Waals surface area contributed by atoms with Crippen LogP contribution in [-0.2, 0) is 29.6 Å². The second-order valence-corrected chi connectivity index (χ2v) is 9.24. The van der Waals surface area contributed by atoms with Crippen molar-refractivity contribution in [3.05, 3.63) is 68.8 Å². The first-order valence-electron chi connectivity index (χ1n) is 8.77. The van der Waals surface area contributed by atoms with Gasteiger partial charge in [0.1, 0.15) is 23.1 Å². The second kappa shape index (κ2) is 8.27. The molecule has 152 valence electrons. The highest BCUT2D eigenvalue weighted by Gasteiger charge is 2.23. The maximum absolute atomic E-state index is 14.6. The molecule has 10 heteroatoms. The van der Waals surface area contributed by atoms with Crippen molar-refractivity contribution in [2.45, 2.75) is 24.5 Å². The number of ether oxygens (including phenoxy) is 1. The normalized spacial score (nSPS) is 13.7. The average Bonchev–Trinajstić information content (AvgIpc) is 3.20. The first-order chi connectivity index (χ1) is 13.9. The van der Waals surface area contributed by atoms with Crippen molar-refractivity contribution in [3.8, 4) is 5.75 Å². The molecule has 0 atom stereocenters. The number of sulfonamides is 1. The molecule has 0 bridgehead atoms. The molecule has 0 aliphatic carbocycles. The zero-order valence-electron chi connectivity index (χ0n) is 15.1. The number of halogens is 2. The minimum atomic E-state index is -4.16. The Morgan fingerprint density at radius 3 is 3.00 bits per heavy atom. The maximum Gasteiger partial charge on any atom is 0.266 e. The Kier molecular flexibility index (Phi) is 5.73. The molecule has 0 fully saturated rings. The number of hydrogen-bond acceptors (Lipinski definition) is 6. The fourth-order valence-electron chi connectivity index (χ4n) is 3.16. The van der Waals surface area contributed by atoms with Crippen LogP contribution in [0.5, 0.6) is 5.75 Å². The summed E-state index contributed by atoms with van der Waals surface area (Å²) in [5.41, 5.74) is 4.88. The number of rotatable bonds is 6. The highest BCUT2D eigenvalue weighted by Crippen LogP contribution is 2.32. The van der Waals surface area contributed by atoms with Gasteiger partial charge in [0.2, 0.25) is 0 Å². The third-order valence-electron chi connectivity index (χ3n) is 4.57. The molecular formula is C19H17ClFN3O3S2. The lowest BCUT2D eigenvalue weighted by Gasteiger charge is -2.20. The molecule has 0 saturated carbocycles. The zero-order chi connectivity index (χ0) is 20.4. The molecule has 2 heterocycles. The van der Waals surface area contributed by atoms with E-state index in [0.717, 1.165) is 37.2 Å². The van der Waals surface area contributed by atoms with E-state index in [-0.39, 0.29) is 23.2 Å². The van der Waals surface area contributed by atoms with Crippen LogP contribution in [0, 0.1) is 5.82 Å². The smallest absolute Gasteiger partial charge is 0.266 e. The number of aromatic nitrogens is 1. The van der Waals surface area contributed by atoms with Crippen LogP contribution in [0.15, 0.2) is 46.1 Å². The Balaban J connectivity index is 1.55. The molecule has 0 unspecified atom stereocenters. The van der Waals surface area contributed by atoms with E-state index < -0.39 is 20.7 Å². The molecule has 2 N–H and O–H groups in total. The average molecular weight is 454 g/mol. The molecule has 6 nitrogen and oxygen atoms in total. The number of nitrogens with one attached hydrogen (secondary N) is 2. The molecule has 1 aliphatic rings. The van der Waals surface area contributed by atoms with Gasteiger partial charge in [-0.3, -0.25) is 4.72 Å². The molecular weight excluding hydrogens is 437 g/mol. The van der Waals surface area contributed by atoms with Crippen LogP contribution >= 0.6 is 22.9 Å². The fraction of sp³-hybridized carbons (Fsp3) is 0.211. The van der Waals surface area contributed by atoms with E-state index in [9.17, 15) is 12.8 Å². The lowest BCUT2D eigenvalue weighted by atomic mass is 9.96. The third kappa shape index (κ3) is 4.37. The van der Waals surface area contributed by atoms with Gasteiger partial charge in [-0.1, -0.05) is 29.8 Å². The summed E-state index contributed by atoms with van der Waals surface area (Å²) < 4.78 is 47.4. The van der Waals surface area contributed by atoms with Gasteiger partial charge in [-0.05, 0) is 35.7 Å². The van der Waals surface area contributed by atoms with Gasteiger partial charge in [-0.25, -0.2) is 17.8 Å². The van der Waals surface area contributed by atoms with E-state index in [1.54, 1.807) is 0 Å². The van der Waals surface area contributed by atoms with Crippen molar-refractivity contribution in [2.24, 2.45) is 0 Å². The monoisotopic (exact) mass is 453 g/mol. The SMILES string of the molecule is O=S(=O)(Nc1cscn1)c1cc(Cl)c(OCc2cccc3c2CNCC3)cc1F. The van der Waals surface area contributed by atoms with Crippen molar-refractivity contribution < 1.29 is 17.5 Å². The number of benzene rings is 2.